The van der Waals surface area contributed by atoms with Crippen LogP contribution in [0, 0.1) is 0 Å². The van der Waals surface area contributed by atoms with E-state index in [1.165, 1.54) is 0 Å². The normalized spacial score (nSPS) is 22.9. The van der Waals surface area contributed by atoms with Gasteiger partial charge in [-0.25, -0.2) is 0 Å². The van der Waals surface area contributed by atoms with Crippen molar-refractivity contribution in [1.29, 1.82) is 0 Å². The molecule has 2 aliphatic rings. The van der Waals surface area contributed by atoms with Crippen molar-refractivity contribution in [3.05, 3.63) is 0 Å². The maximum atomic E-state index is 12.8. The van der Waals surface area contributed by atoms with Gasteiger partial charge in [-0.05, 0) is 54.4 Å². The molecule has 0 spiro atoms. The largest absolute Gasteiger partial charge is 0.381 e. The number of hydrogen-bond donors (Lipinski definition) is 1. The molecule has 2 aliphatic heterocycles. The van der Waals surface area contributed by atoms with Crippen LogP contribution in [0.4, 0.5) is 0 Å². The second-order valence-corrected chi connectivity index (χ2v) is 9.66. The van der Waals surface area contributed by atoms with Gasteiger partial charge in [0.15, 0.2) is 5.96 Å². The van der Waals surface area contributed by atoms with Gasteiger partial charge in [-0.3, -0.25) is 14.7 Å². The Morgan fingerprint density at radius 3 is 2.39 bits per heavy atom. The average Bonchev–Trinajstić information content (AvgIpc) is 2.60. The molecule has 7 heteroatoms. The summed E-state index contributed by atoms with van der Waals surface area (Å²) in [5.74, 6) is 0.972. The molecule has 0 atom stereocenters. The summed E-state index contributed by atoms with van der Waals surface area (Å²) in [5, 5.41) is 3.54. The predicted octanol–water partition coefficient (Wildman–Crippen LogP) is 1.78. The molecule has 0 unspecified atom stereocenters. The Hall–Kier alpha value is -1.34. The van der Waals surface area contributed by atoms with Crippen LogP contribution >= 0.6 is 0 Å². The van der Waals surface area contributed by atoms with Crippen molar-refractivity contribution >= 4 is 11.9 Å². The summed E-state index contributed by atoms with van der Waals surface area (Å²) in [4.78, 5) is 23.9. The van der Waals surface area contributed by atoms with E-state index in [4.69, 9.17) is 4.74 Å². The number of nitrogens with one attached hydrogen (secondary N) is 1. The molecular formula is C21H41N5O2. The molecule has 1 N–H and O–H groups in total. The Labute approximate surface area is 171 Å². The predicted molar refractivity (Wildman–Crippen MR) is 115 cm³/mol. The Kier molecular flexibility index (Phi) is 7.37. The quantitative estimate of drug-likeness (QED) is 0.568. The fourth-order valence-corrected chi connectivity index (χ4v) is 4.75. The molecule has 0 aliphatic carbocycles. The molecule has 0 saturated carbocycles. The van der Waals surface area contributed by atoms with Crippen molar-refractivity contribution in [3.8, 4) is 0 Å². The molecular weight excluding hydrogens is 354 g/mol. The fraction of sp³-hybridized carbons (Fsp3) is 0.905. The van der Waals surface area contributed by atoms with Gasteiger partial charge in [-0.2, -0.15) is 0 Å². The standard InChI is InChI=1S/C21H41N5O2/c1-16(2)26-18(27)13-24(15-21(26,5)6)19(22-7)23-14-20(3,4)25-11-9-17(28-8)10-12-25/h16-17H,9-15H2,1-8H3,(H,22,23). The Balaban J connectivity index is 1.98. The van der Waals surface area contributed by atoms with Crippen molar-refractivity contribution in [3.63, 3.8) is 0 Å². The lowest BCUT2D eigenvalue weighted by Crippen LogP contribution is -2.66. The maximum Gasteiger partial charge on any atom is 0.242 e. The van der Waals surface area contributed by atoms with Crippen molar-refractivity contribution in [2.75, 3.05) is 46.9 Å². The van der Waals surface area contributed by atoms with Crippen molar-refractivity contribution in [2.24, 2.45) is 4.99 Å². The van der Waals surface area contributed by atoms with Gasteiger partial charge in [0.2, 0.25) is 5.91 Å². The molecule has 162 valence electrons. The van der Waals surface area contributed by atoms with Crippen molar-refractivity contribution < 1.29 is 9.53 Å². The molecule has 0 aromatic carbocycles. The number of likely N-dealkylation sites (tertiary alicyclic amines) is 1. The Morgan fingerprint density at radius 1 is 1.32 bits per heavy atom. The number of piperidine rings is 1. The summed E-state index contributed by atoms with van der Waals surface area (Å²) in [6, 6.07) is 0.202. The van der Waals surface area contributed by atoms with Gasteiger partial charge < -0.3 is 19.9 Å². The van der Waals surface area contributed by atoms with E-state index >= 15 is 0 Å². The number of hydrogen-bond acceptors (Lipinski definition) is 4. The van der Waals surface area contributed by atoms with Crippen LogP contribution in [-0.2, 0) is 9.53 Å². The first-order valence-corrected chi connectivity index (χ1v) is 10.6. The molecule has 28 heavy (non-hydrogen) atoms. The number of guanidine groups is 1. The first-order valence-electron chi connectivity index (χ1n) is 10.6. The molecule has 0 bridgehead atoms. The van der Waals surface area contributed by atoms with E-state index in [-0.39, 0.29) is 23.0 Å². The van der Waals surface area contributed by atoms with Crippen LogP contribution in [-0.4, -0.2) is 96.7 Å². The van der Waals surface area contributed by atoms with Gasteiger partial charge in [-0.1, -0.05) is 0 Å². The first kappa shape index (κ1) is 22.9. The lowest BCUT2D eigenvalue weighted by molar-refractivity contribution is -0.145. The molecule has 2 fully saturated rings. The van der Waals surface area contributed by atoms with Crippen molar-refractivity contribution in [2.45, 2.75) is 77.6 Å². The highest BCUT2D eigenvalue weighted by molar-refractivity contribution is 5.88. The second kappa shape index (κ2) is 8.99. The molecule has 1 amide bonds. The number of piperazine rings is 1. The van der Waals surface area contributed by atoms with Crippen LogP contribution in [0.15, 0.2) is 4.99 Å². The Morgan fingerprint density at radius 2 is 1.93 bits per heavy atom. The summed E-state index contributed by atoms with van der Waals surface area (Å²) in [6.07, 6.45) is 2.54. The molecule has 7 nitrogen and oxygen atoms in total. The molecule has 0 aromatic rings. The third kappa shape index (κ3) is 5.17. The molecule has 2 saturated heterocycles. The van der Waals surface area contributed by atoms with E-state index in [0.717, 1.165) is 45.0 Å². The van der Waals surface area contributed by atoms with E-state index in [9.17, 15) is 4.79 Å². The first-order chi connectivity index (χ1) is 13.0. The molecule has 2 rings (SSSR count). The Bertz CT molecular complexity index is 565. The van der Waals surface area contributed by atoms with Crippen LogP contribution in [0.1, 0.15) is 54.4 Å². The fourth-order valence-electron chi connectivity index (χ4n) is 4.75. The molecule has 2 heterocycles. The van der Waals surface area contributed by atoms with Crippen LogP contribution in [0.2, 0.25) is 0 Å². The molecule has 0 aromatic heterocycles. The maximum absolute atomic E-state index is 12.8. The third-order valence-corrected chi connectivity index (χ3v) is 6.16. The lowest BCUT2D eigenvalue weighted by Gasteiger charge is -2.50. The zero-order valence-corrected chi connectivity index (χ0v) is 19.2. The van der Waals surface area contributed by atoms with Crippen LogP contribution in [0.25, 0.3) is 0 Å². The van der Waals surface area contributed by atoms with Crippen LogP contribution in [0.3, 0.4) is 0 Å². The third-order valence-electron chi connectivity index (χ3n) is 6.16. The summed E-state index contributed by atoms with van der Waals surface area (Å²) in [6.45, 7) is 17.0. The molecule has 0 radical (unpaired) electrons. The van der Waals surface area contributed by atoms with Crippen LogP contribution < -0.4 is 5.32 Å². The van der Waals surface area contributed by atoms with Gasteiger partial charge in [0, 0.05) is 51.9 Å². The summed E-state index contributed by atoms with van der Waals surface area (Å²) in [5.41, 5.74) is -0.216. The number of aliphatic imine (C=N–C) groups is 1. The van der Waals surface area contributed by atoms with E-state index in [0.29, 0.717) is 12.6 Å². The monoisotopic (exact) mass is 395 g/mol. The second-order valence-electron chi connectivity index (χ2n) is 9.66. The summed E-state index contributed by atoms with van der Waals surface area (Å²) < 4.78 is 5.50. The number of ether oxygens (including phenoxy) is 1. The minimum atomic E-state index is -0.224. The zero-order valence-electron chi connectivity index (χ0n) is 19.2. The van der Waals surface area contributed by atoms with E-state index in [2.05, 4.69) is 61.7 Å². The minimum Gasteiger partial charge on any atom is -0.381 e. The average molecular weight is 396 g/mol. The van der Waals surface area contributed by atoms with Gasteiger partial charge in [0.25, 0.3) is 0 Å². The van der Waals surface area contributed by atoms with E-state index in [1.807, 2.05) is 4.90 Å². The van der Waals surface area contributed by atoms with E-state index < -0.39 is 0 Å². The topological polar surface area (TPSA) is 60.4 Å². The highest BCUT2D eigenvalue weighted by atomic mass is 16.5. The van der Waals surface area contributed by atoms with Gasteiger partial charge in [0.05, 0.1) is 18.2 Å². The number of carbonyl (C=O) groups excluding carboxylic acids is 1. The SMILES string of the molecule is CN=C(NCC(C)(C)N1CCC(OC)CC1)N1CC(=O)N(C(C)C)C(C)(C)C1. The lowest BCUT2D eigenvalue weighted by atomic mass is 9.96. The summed E-state index contributed by atoms with van der Waals surface area (Å²) >= 11 is 0. The van der Waals surface area contributed by atoms with Crippen LogP contribution in [0.5, 0.6) is 0 Å². The minimum absolute atomic E-state index is 0.00787. The van der Waals surface area contributed by atoms with E-state index in [1.54, 1.807) is 14.2 Å². The highest BCUT2D eigenvalue weighted by Gasteiger charge is 2.41. The van der Waals surface area contributed by atoms with Crippen molar-refractivity contribution in [1.82, 2.24) is 20.0 Å². The zero-order chi connectivity index (χ0) is 21.1. The summed E-state index contributed by atoms with van der Waals surface area (Å²) in [7, 11) is 3.60. The smallest absolute Gasteiger partial charge is 0.242 e. The van der Waals surface area contributed by atoms with Gasteiger partial charge in [0.1, 0.15) is 0 Å². The number of rotatable bonds is 5. The number of amides is 1. The van der Waals surface area contributed by atoms with Gasteiger partial charge in [-0.15, -0.1) is 0 Å². The highest BCUT2D eigenvalue weighted by Crippen LogP contribution is 2.25. The van der Waals surface area contributed by atoms with Gasteiger partial charge >= 0.3 is 0 Å². The number of methoxy groups -OCH3 is 1. The number of nitrogens with zero attached hydrogens (tertiary/aromatic N) is 4. The number of carbonyl (C=O) groups is 1.